The molecule has 0 aromatic heterocycles. The fourth-order valence-corrected chi connectivity index (χ4v) is 3.82. The second-order valence-electron chi connectivity index (χ2n) is 6.62. The Bertz CT molecular complexity index is 988. The van der Waals surface area contributed by atoms with Crippen molar-refractivity contribution < 1.29 is 9.72 Å². The van der Waals surface area contributed by atoms with Crippen LogP contribution in [0.4, 0.5) is 11.4 Å². The number of nitro benzene ring substituents is 1. The number of carbonyl (C=O) groups is 1. The lowest BCUT2D eigenvalue weighted by atomic mass is 10.1. The van der Waals surface area contributed by atoms with Gasteiger partial charge in [-0.15, -0.1) is 0 Å². The molecule has 0 atom stereocenters. The number of amidine groups is 1. The van der Waals surface area contributed by atoms with Gasteiger partial charge in [-0.3, -0.25) is 19.8 Å². The summed E-state index contributed by atoms with van der Waals surface area (Å²) in [6.45, 7) is 4.56. The number of non-ortho nitro benzene ring substituents is 1. The average Bonchev–Trinajstić information content (AvgIpc) is 2.92. The summed E-state index contributed by atoms with van der Waals surface area (Å²) >= 11 is 7.45. The fraction of sp³-hybridized carbons (Fsp3) is 0.200. The van der Waals surface area contributed by atoms with Gasteiger partial charge in [-0.05, 0) is 41.5 Å². The number of carbonyl (C=O) groups excluding carboxylic acids is 1. The van der Waals surface area contributed by atoms with E-state index in [-0.39, 0.29) is 17.5 Å². The molecule has 144 valence electrons. The van der Waals surface area contributed by atoms with E-state index in [1.54, 1.807) is 35.2 Å². The normalized spacial score (nSPS) is 17.1. The minimum Gasteiger partial charge on any atom is -0.286 e. The highest BCUT2D eigenvalue weighted by atomic mass is 35.5. The molecular weight excluding hydrogens is 398 g/mol. The van der Waals surface area contributed by atoms with Crippen molar-refractivity contribution >= 4 is 51.9 Å². The van der Waals surface area contributed by atoms with Crippen molar-refractivity contribution in [3.63, 3.8) is 0 Å². The molecular formula is C20H18ClN3O3S. The molecule has 6 nitrogen and oxygen atoms in total. The zero-order valence-electron chi connectivity index (χ0n) is 15.3. The van der Waals surface area contributed by atoms with Gasteiger partial charge in [0.15, 0.2) is 5.17 Å². The lowest BCUT2D eigenvalue weighted by molar-refractivity contribution is -0.384. The van der Waals surface area contributed by atoms with E-state index < -0.39 is 4.92 Å². The van der Waals surface area contributed by atoms with Crippen molar-refractivity contribution in [3.8, 4) is 0 Å². The molecule has 0 spiro atoms. The highest BCUT2D eigenvalue weighted by Crippen LogP contribution is 2.36. The minimum atomic E-state index is -0.457. The molecule has 28 heavy (non-hydrogen) atoms. The van der Waals surface area contributed by atoms with Gasteiger partial charge in [-0.25, -0.2) is 4.99 Å². The number of rotatable bonds is 5. The van der Waals surface area contributed by atoms with Crippen molar-refractivity contribution in [2.45, 2.75) is 13.8 Å². The van der Waals surface area contributed by atoms with Crippen LogP contribution in [0.15, 0.2) is 58.4 Å². The van der Waals surface area contributed by atoms with E-state index in [0.717, 1.165) is 0 Å². The van der Waals surface area contributed by atoms with Gasteiger partial charge in [0.2, 0.25) is 0 Å². The van der Waals surface area contributed by atoms with Crippen LogP contribution in [0, 0.1) is 16.0 Å². The third-order valence-corrected chi connectivity index (χ3v) is 5.21. The first-order valence-electron chi connectivity index (χ1n) is 8.64. The number of hydrogen-bond donors (Lipinski definition) is 0. The van der Waals surface area contributed by atoms with E-state index in [4.69, 9.17) is 11.6 Å². The molecule has 1 amide bonds. The SMILES string of the molecule is CC(C)CN1C(=O)/C(=C\c2cccc([N+](=O)[O-])c2)SC1=Nc1ccccc1Cl. The predicted molar refractivity (Wildman–Crippen MR) is 114 cm³/mol. The number of thioether (sulfide) groups is 1. The van der Waals surface area contributed by atoms with Gasteiger partial charge in [-0.2, -0.15) is 0 Å². The number of nitro groups is 1. The van der Waals surface area contributed by atoms with Gasteiger partial charge in [-0.1, -0.05) is 49.7 Å². The first-order valence-corrected chi connectivity index (χ1v) is 9.83. The highest BCUT2D eigenvalue weighted by molar-refractivity contribution is 8.18. The molecule has 0 aliphatic carbocycles. The van der Waals surface area contributed by atoms with Crippen molar-refractivity contribution in [3.05, 3.63) is 74.1 Å². The summed E-state index contributed by atoms with van der Waals surface area (Å²) in [5, 5.41) is 12.0. The highest BCUT2D eigenvalue weighted by Gasteiger charge is 2.33. The summed E-state index contributed by atoms with van der Waals surface area (Å²) < 4.78 is 0. The second kappa shape index (κ2) is 8.58. The molecule has 0 radical (unpaired) electrons. The number of para-hydroxylation sites is 1. The first kappa shape index (κ1) is 20.1. The maximum absolute atomic E-state index is 12.9. The number of amides is 1. The monoisotopic (exact) mass is 415 g/mol. The number of benzene rings is 2. The van der Waals surface area contributed by atoms with Gasteiger partial charge >= 0.3 is 0 Å². The van der Waals surface area contributed by atoms with Gasteiger partial charge in [0, 0.05) is 18.7 Å². The smallest absolute Gasteiger partial charge is 0.270 e. The van der Waals surface area contributed by atoms with E-state index in [2.05, 4.69) is 4.99 Å². The van der Waals surface area contributed by atoms with Gasteiger partial charge in [0.05, 0.1) is 20.5 Å². The fourth-order valence-electron chi connectivity index (χ4n) is 2.64. The van der Waals surface area contributed by atoms with Crippen molar-refractivity contribution in [1.29, 1.82) is 0 Å². The Labute approximate surface area is 172 Å². The molecule has 1 fully saturated rings. The van der Waals surface area contributed by atoms with Crippen LogP contribution in [0.1, 0.15) is 19.4 Å². The minimum absolute atomic E-state index is 0.0196. The Morgan fingerprint density at radius 2 is 2.00 bits per heavy atom. The summed E-state index contributed by atoms with van der Waals surface area (Å²) in [6, 6.07) is 13.4. The molecule has 0 unspecified atom stereocenters. The number of aliphatic imine (C=N–C) groups is 1. The van der Waals surface area contributed by atoms with Crippen molar-refractivity contribution in [2.75, 3.05) is 6.54 Å². The van der Waals surface area contributed by atoms with Crippen LogP contribution in [0.5, 0.6) is 0 Å². The van der Waals surface area contributed by atoms with E-state index in [1.165, 1.54) is 23.9 Å². The number of nitrogens with zero attached hydrogens (tertiary/aromatic N) is 3. The molecule has 1 aliphatic rings. The van der Waals surface area contributed by atoms with E-state index in [9.17, 15) is 14.9 Å². The Morgan fingerprint density at radius 3 is 2.68 bits per heavy atom. The third-order valence-electron chi connectivity index (χ3n) is 3.88. The summed E-state index contributed by atoms with van der Waals surface area (Å²) in [5.74, 6) is 0.0779. The zero-order valence-corrected chi connectivity index (χ0v) is 16.9. The second-order valence-corrected chi connectivity index (χ2v) is 8.03. The largest absolute Gasteiger partial charge is 0.286 e. The molecule has 3 rings (SSSR count). The van der Waals surface area contributed by atoms with Gasteiger partial charge < -0.3 is 0 Å². The van der Waals surface area contributed by atoms with Crippen molar-refractivity contribution in [2.24, 2.45) is 10.9 Å². The quantitative estimate of drug-likeness (QED) is 0.366. The molecule has 1 heterocycles. The molecule has 8 heteroatoms. The van der Waals surface area contributed by atoms with E-state index in [1.807, 2.05) is 26.0 Å². The summed E-state index contributed by atoms with van der Waals surface area (Å²) in [7, 11) is 0. The molecule has 1 aliphatic heterocycles. The zero-order chi connectivity index (χ0) is 20.3. The lowest BCUT2D eigenvalue weighted by Crippen LogP contribution is -2.32. The van der Waals surface area contributed by atoms with E-state index >= 15 is 0 Å². The predicted octanol–water partition coefficient (Wildman–Crippen LogP) is 5.51. The maximum atomic E-state index is 12.9. The maximum Gasteiger partial charge on any atom is 0.270 e. The Kier molecular flexibility index (Phi) is 6.16. The Balaban J connectivity index is 1.98. The van der Waals surface area contributed by atoms with Crippen LogP contribution in [0.2, 0.25) is 5.02 Å². The summed E-state index contributed by atoms with van der Waals surface area (Å²) in [4.78, 5) is 30.1. The topological polar surface area (TPSA) is 75.8 Å². The Hall–Kier alpha value is -2.64. The van der Waals surface area contributed by atoms with Crippen LogP contribution >= 0.6 is 23.4 Å². The van der Waals surface area contributed by atoms with Gasteiger partial charge in [0.1, 0.15) is 0 Å². The molecule has 2 aromatic rings. The molecule has 0 N–H and O–H groups in total. The average molecular weight is 416 g/mol. The summed E-state index contributed by atoms with van der Waals surface area (Å²) in [5.41, 5.74) is 1.16. The molecule has 0 bridgehead atoms. The van der Waals surface area contributed by atoms with Crippen LogP contribution in [0.3, 0.4) is 0 Å². The summed E-state index contributed by atoms with van der Waals surface area (Å²) in [6.07, 6.45) is 1.66. The van der Waals surface area contributed by atoms with Crippen molar-refractivity contribution in [1.82, 2.24) is 4.90 Å². The van der Waals surface area contributed by atoms with Gasteiger partial charge in [0.25, 0.3) is 11.6 Å². The molecule has 1 saturated heterocycles. The van der Waals surface area contributed by atoms with Crippen LogP contribution in [-0.2, 0) is 4.79 Å². The van der Waals surface area contributed by atoms with E-state index in [0.29, 0.717) is 32.9 Å². The number of halogens is 1. The van der Waals surface area contributed by atoms with Crippen LogP contribution < -0.4 is 0 Å². The first-order chi connectivity index (χ1) is 13.3. The number of hydrogen-bond acceptors (Lipinski definition) is 5. The van der Waals surface area contributed by atoms with Crippen LogP contribution in [-0.4, -0.2) is 27.4 Å². The van der Waals surface area contributed by atoms with Crippen LogP contribution in [0.25, 0.3) is 6.08 Å². The lowest BCUT2D eigenvalue weighted by Gasteiger charge is -2.17. The third kappa shape index (κ3) is 4.61. The Morgan fingerprint density at radius 1 is 1.25 bits per heavy atom. The standard InChI is InChI=1S/C20H18ClN3O3S/c1-13(2)12-23-19(25)18(11-14-6-5-7-15(10-14)24(26)27)28-20(23)22-17-9-4-3-8-16(17)21/h3-11,13H,12H2,1-2H3/b18-11+,22-20?. The molecule has 2 aromatic carbocycles. The molecule has 0 saturated carbocycles.